The molecule has 2 N–H and O–H groups in total. The summed E-state index contributed by atoms with van der Waals surface area (Å²) in [6, 6.07) is 7.76. The van der Waals surface area contributed by atoms with Crippen LogP contribution in [0.25, 0.3) is 17.2 Å². The van der Waals surface area contributed by atoms with Crippen LogP contribution in [0.3, 0.4) is 0 Å². The number of imidazole rings is 1. The van der Waals surface area contributed by atoms with Crippen molar-refractivity contribution in [1.29, 1.82) is 0 Å². The zero-order chi connectivity index (χ0) is 24.5. The summed E-state index contributed by atoms with van der Waals surface area (Å²) in [5, 5.41) is 23.6. The van der Waals surface area contributed by atoms with E-state index in [1.165, 1.54) is 12.1 Å². The van der Waals surface area contributed by atoms with E-state index in [-0.39, 0.29) is 24.0 Å². The number of nitrogens with zero attached hydrogens (tertiary/aromatic N) is 7. The summed E-state index contributed by atoms with van der Waals surface area (Å²) in [4.78, 5) is 21.9. The van der Waals surface area contributed by atoms with Gasteiger partial charge in [-0.2, -0.15) is 0 Å². The molecular weight excluding hydrogens is 451 g/mol. The molecule has 10 nitrogen and oxygen atoms in total. The first-order valence-electron chi connectivity index (χ1n) is 11.5. The van der Waals surface area contributed by atoms with E-state index >= 15 is 0 Å². The molecule has 1 aliphatic carbocycles. The average Bonchev–Trinajstić information content (AvgIpc) is 3.36. The molecule has 1 aliphatic rings. The highest BCUT2D eigenvalue weighted by Crippen LogP contribution is 2.39. The highest BCUT2D eigenvalue weighted by atomic mass is 19.1. The van der Waals surface area contributed by atoms with Gasteiger partial charge in [0.15, 0.2) is 0 Å². The lowest BCUT2D eigenvalue weighted by Gasteiger charge is -2.13. The van der Waals surface area contributed by atoms with Crippen molar-refractivity contribution >= 4 is 11.7 Å². The second kappa shape index (κ2) is 9.34. The zero-order valence-corrected chi connectivity index (χ0v) is 19.4. The van der Waals surface area contributed by atoms with E-state index in [1.54, 1.807) is 36.1 Å². The predicted octanol–water partition coefficient (Wildman–Crippen LogP) is 3.44. The Morgan fingerprint density at radius 3 is 2.91 bits per heavy atom. The van der Waals surface area contributed by atoms with Gasteiger partial charge >= 0.3 is 0 Å². The molecule has 0 bridgehead atoms. The summed E-state index contributed by atoms with van der Waals surface area (Å²) in [7, 11) is 0. The van der Waals surface area contributed by atoms with Crippen molar-refractivity contribution in [3.63, 3.8) is 0 Å². The van der Waals surface area contributed by atoms with Crippen LogP contribution in [0.1, 0.15) is 59.8 Å². The Morgan fingerprint density at radius 1 is 1.31 bits per heavy atom. The highest BCUT2D eigenvalue weighted by Gasteiger charge is 2.26. The molecule has 1 amide bonds. The number of nitrogens with one attached hydrogen (secondary N) is 1. The second-order valence-corrected chi connectivity index (χ2v) is 8.77. The zero-order valence-electron chi connectivity index (χ0n) is 19.4. The standard InChI is InChI=1S/C24H25FN8O2/c1-14-10-18(25)17(11-21(14)32-12-20(26-13-32)16-6-7-16)24(35)28-22-5-3-4-19(27-22)23-29-30-31-33(23)15(2)8-9-34/h3-5,10-13,15-16,34H,6-9H2,1-2H3,(H,27,28,35)/t15-/m1/s1. The summed E-state index contributed by atoms with van der Waals surface area (Å²) in [6.07, 6.45) is 6.37. The van der Waals surface area contributed by atoms with Gasteiger partial charge in [0.25, 0.3) is 5.91 Å². The van der Waals surface area contributed by atoms with Crippen LogP contribution < -0.4 is 5.32 Å². The molecule has 1 aromatic carbocycles. The summed E-state index contributed by atoms with van der Waals surface area (Å²) < 4.78 is 18.2. The normalized spacial score (nSPS) is 14.2. The molecule has 0 spiro atoms. The van der Waals surface area contributed by atoms with Gasteiger partial charge in [-0.25, -0.2) is 19.0 Å². The van der Waals surface area contributed by atoms with Gasteiger partial charge in [-0.1, -0.05) is 6.07 Å². The molecule has 3 heterocycles. The Morgan fingerprint density at radius 2 is 2.14 bits per heavy atom. The fraction of sp³-hybridized carbons (Fsp3) is 0.333. The van der Waals surface area contributed by atoms with Crippen molar-refractivity contribution < 1.29 is 14.3 Å². The van der Waals surface area contributed by atoms with Crippen LogP contribution in [0.2, 0.25) is 0 Å². The molecule has 1 saturated carbocycles. The summed E-state index contributed by atoms with van der Waals surface area (Å²) in [5.41, 5.74) is 2.74. The van der Waals surface area contributed by atoms with Gasteiger partial charge in [-0.3, -0.25) is 4.79 Å². The highest BCUT2D eigenvalue weighted by molar-refractivity contribution is 6.04. The number of aliphatic hydroxyl groups excluding tert-OH is 1. The molecule has 0 saturated heterocycles. The van der Waals surface area contributed by atoms with E-state index in [1.807, 2.05) is 17.7 Å². The molecule has 0 unspecified atom stereocenters. The Balaban J connectivity index is 1.40. The van der Waals surface area contributed by atoms with Crippen LogP contribution in [0.5, 0.6) is 0 Å². The van der Waals surface area contributed by atoms with E-state index in [0.29, 0.717) is 35.1 Å². The molecule has 0 aliphatic heterocycles. The molecular formula is C24H25FN8O2. The lowest BCUT2D eigenvalue weighted by molar-refractivity contribution is 0.102. The number of amides is 1. The first kappa shape index (κ1) is 22.8. The number of hydrogen-bond donors (Lipinski definition) is 2. The summed E-state index contributed by atoms with van der Waals surface area (Å²) >= 11 is 0. The van der Waals surface area contributed by atoms with Crippen molar-refractivity contribution in [3.8, 4) is 17.2 Å². The van der Waals surface area contributed by atoms with Gasteiger partial charge in [0.1, 0.15) is 17.3 Å². The Hall–Kier alpha value is -3.99. The molecule has 1 fully saturated rings. The number of halogens is 1. The Labute approximate surface area is 200 Å². The molecule has 5 rings (SSSR count). The van der Waals surface area contributed by atoms with Crippen LogP contribution in [-0.4, -0.2) is 52.4 Å². The lowest BCUT2D eigenvalue weighted by atomic mass is 10.1. The minimum absolute atomic E-state index is 0.00490. The van der Waals surface area contributed by atoms with Gasteiger partial charge < -0.3 is 15.0 Å². The van der Waals surface area contributed by atoms with Gasteiger partial charge in [0.2, 0.25) is 5.82 Å². The number of benzene rings is 1. The third kappa shape index (κ3) is 4.67. The minimum atomic E-state index is -0.621. The maximum absolute atomic E-state index is 14.8. The van der Waals surface area contributed by atoms with Crippen LogP contribution >= 0.6 is 0 Å². The first-order valence-corrected chi connectivity index (χ1v) is 11.5. The van der Waals surface area contributed by atoms with E-state index in [0.717, 1.165) is 18.5 Å². The monoisotopic (exact) mass is 476 g/mol. The number of carbonyl (C=O) groups excluding carboxylic acids is 1. The fourth-order valence-corrected chi connectivity index (χ4v) is 3.95. The van der Waals surface area contributed by atoms with E-state index in [2.05, 4.69) is 30.8 Å². The van der Waals surface area contributed by atoms with Crippen molar-refractivity contribution in [2.75, 3.05) is 11.9 Å². The number of hydrogen-bond acceptors (Lipinski definition) is 7. The minimum Gasteiger partial charge on any atom is -0.396 e. The number of anilines is 1. The van der Waals surface area contributed by atoms with Crippen molar-refractivity contribution in [3.05, 3.63) is 65.5 Å². The van der Waals surface area contributed by atoms with Crippen LogP contribution in [0, 0.1) is 12.7 Å². The van der Waals surface area contributed by atoms with Gasteiger partial charge in [0.05, 0.1) is 29.3 Å². The smallest absolute Gasteiger partial charge is 0.259 e. The molecule has 4 aromatic rings. The predicted molar refractivity (Wildman–Crippen MR) is 126 cm³/mol. The van der Waals surface area contributed by atoms with E-state index in [4.69, 9.17) is 0 Å². The lowest BCUT2D eigenvalue weighted by Crippen LogP contribution is -2.16. The van der Waals surface area contributed by atoms with Gasteiger partial charge in [-0.15, -0.1) is 5.10 Å². The molecule has 3 aromatic heterocycles. The van der Waals surface area contributed by atoms with Gasteiger partial charge in [0, 0.05) is 18.7 Å². The quantitative estimate of drug-likeness (QED) is 0.399. The Bertz CT molecular complexity index is 1380. The summed E-state index contributed by atoms with van der Waals surface area (Å²) in [5.74, 6) is -0.117. The summed E-state index contributed by atoms with van der Waals surface area (Å²) in [6.45, 7) is 3.67. The fourth-order valence-electron chi connectivity index (χ4n) is 3.95. The number of carbonyl (C=O) groups is 1. The Kier molecular flexibility index (Phi) is 6.08. The average molecular weight is 477 g/mol. The number of aliphatic hydroxyl groups is 1. The molecule has 1 atom stereocenters. The second-order valence-electron chi connectivity index (χ2n) is 8.77. The maximum Gasteiger partial charge on any atom is 0.259 e. The molecule has 35 heavy (non-hydrogen) atoms. The molecule has 11 heteroatoms. The molecule has 180 valence electrons. The SMILES string of the molecule is Cc1cc(F)c(C(=O)Nc2cccc(-c3nnnn3[C@H](C)CCO)n2)cc1-n1cnc(C2CC2)c1. The number of aryl methyl sites for hydroxylation is 1. The topological polar surface area (TPSA) is 124 Å². The number of tetrazole rings is 1. The largest absolute Gasteiger partial charge is 0.396 e. The van der Waals surface area contributed by atoms with Crippen LogP contribution in [0.4, 0.5) is 10.2 Å². The molecule has 0 radical (unpaired) electrons. The third-order valence-electron chi connectivity index (χ3n) is 6.08. The maximum atomic E-state index is 14.8. The third-order valence-corrected chi connectivity index (χ3v) is 6.08. The number of pyridine rings is 1. The number of aromatic nitrogens is 7. The number of rotatable bonds is 8. The van der Waals surface area contributed by atoms with Gasteiger partial charge in [-0.05, 0) is 73.4 Å². The van der Waals surface area contributed by atoms with Crippen molar-refractivity contribution in [1.82, 2.24) is 34.7 Å². The first-order chi connectivity index (χ1) is 16.9. The van der Waals surface area contributed by atoms with Crippen molar-refractivity contribution in [2.45, 2.75) is 45.1 Å². The van der Waals surface area contributed by atoms with Crippen molar-refractivity contribution in [2.24, 2.45) is 0 Å². The van der Waals surface area contributed by atoms with Crippen LogP contribution in [-0.2, 0) is 0 Å². The van der Waals surface area contributed by atoms with E-state index in [9.17, 15) is 14.3 Å². The van der Waals surface area contributed by atoms with E-state index < -0.39 is 11.7 Å². The van der Waals surface area contributed by atoms with Crippen LogP contribution in [0.15, 0.2) is 42.9 Å².